The summed E-state index contributed by atoms with van der Waals surface area (Å²) in [7, 11) is -3.65. The molecular formula is C31H34NO6P. The number of carbonyl (C=O) groups excluding carboxylic acids is 1. The lowest BCUT2D eigenvalue weighted by molar-refractivity contribution is -0.143. The van der Waals surface area contributed by atoms with Crippen LogP contribution in [0, 0.1) is 5.92 Å². The number of hydrogen-bond donors (Lipinski definition) is 1. The van der Waals surface area contributed by atoms with Gasteiger partial charge in [0.25, 0.3) is 0 Å². The molecule has 1 unspecified atom stereocenters. The summed E-state index contributed by atoms with van der Waals surface area (Å²) in [6.45, 7) is 4.16. The van der Waals surface area contributed by atoms with Crippen molar-refractivity contribution in [1.29, 1.82) is 0 Å². The van der Waals surface area contributed by atoms with Gasteiger partial charge in [-0.2, -0.15) is 0 Å². The van der Waals surface area contributed by atoms with Crippen molar-refractivity contribution in [2.75, 3.05) is 30.8 Å². The monoisotopic (exact) mass is 547 g/mol. The second kappa shape index (κ2) is 11.5. The van der Waals surface area contributed by atoms with Crippen LogP contribution >= 0.6 is 7.60 Å². The number of aliphatic carboxylic acids is 1. The van der Waals surface area contributed by atoms with Gasteiger partial charge in [-0.05, 0) is 60.6 Å². The van der Waals surface area contributed by atoms with Crippen LogP contribution in [0.3, 0.4) is 0 Å². The molecule has 0 amide bonds. The van der Waals surface area contributed by atoms with E-state index in [1.165, 1.54) is 5.56 Å². The third kappa shape index (κ3) is 5.19. The van der Waals surface area contributed by atoms with Crippen LogP contribution < -0.4 is 4.90 Å². The first-order valence-corrected chi connectivity index (χ1v) is 15.3. The number of benzene rings is 3. The van der Waals surface area contributed by atoms with Crippen molar-refractivity contribution >= 4 is 25.0 Å². The zero-order valence-electron chi connectivity index (χ0n) is 22.3. The van der Waals surface area contributed by atoms with Gasteiger partial charge in [-0.15, -0.1) is 0 Å². The van der Waals surface area contributed by atoms with Crippen LogP contribution in [0.15, 0.2) is 72.8 Å². The largest absolute Gasteiger partial charge is 0.480 e. The number of hydrogen-bond acceptors (Lipinski definition) is 6. The number of Topliss-reactive ketones (excluding diaryl/α,β-unsaturated/α-hetero) is 1. The van der Waals surface area contributed by atoms with E-state index in [9.17, 15) is 19.3 Å². The van der Waals surface area contributed by atoms with Crippen LogP contribution in [-0.2, 0) is 23.2 Å². The Labute approximate surface area is 229 Å². The molecule has 2 aliphatic rings. The highest BCUT2D eigenvalue weighted by molar-refractivity contribution is 7.54. The summed E-state index contributed by atoms with van der Waals surface area (Å²) in [6, 6.07) is 23.4. The molecule has 0 bridgehead atoms. The maximum atomic E-state index is 13.5. The van der Waals surface area contributed by atoms with Gasteiger partial charge in [0.2, 0.25) is 0 Å². The normalized spacial score (nSPS) is 20.4. The average Bonchev–Trinajstić information content (AvgIpc) is 3.28. The van der Waals surface area contributed by atoms with E-state index in [4.69, 9.17) is 9.05 Å². The Kier molecular flexibility index (Phi) is 8.03. The van der Waals surface area contributed by atoms with Gasteiger partial charge in [0.1, 0.15) is 12.2 Å². The van der Waals surface area contributed by atoms with Crippen molar-refractivity contribution < 1.29 is 28.3 Å². The molecule has 3 atom stereocenters. The molecule has 5 rings (SSSR count). The Bertz CT molecular complexity index is 1400. The average molecular weight is 548 g/mol. The molecule has 1 aliphatic carbocycles. The fraction of sp³-hybridized carbons (Fsp3) is 0.355. The Morgan fingerprint density at radius 3 is 2.28 bits per heavy atom. The van der Waals surface area contributed by atoms with Crippen LogP contribution in [0.25, 0.3) is 11.1 Å². The maximum absolute atomic E-state index is 13.5. The van der Waals surface area contributed by atoms with Crippen LogP contribution in [0.4, 0.5) is 5.69 Å². The van der Waals surface area contributed by atoms with Gasteiger partial charge >= 0.3 is 13.6 Å². The Hall–Kier alpha value is -3.25. The number of nitrogens with zero attached hydrogens (tertiary/aromatic N) is 1. The zero-order valence-corrected chi connectivity index (χ0v) is 23.2. The first kappa shape index (κ1) is 27.3. The van der Waals surface area contributed by atoms with E-state index in [1.807, 2.05) is 47.4 Å². The molecule has 1 heterocycles. The molecule has 1 fully saturated rings. The van der Waals surface area contributed by atoms with E-state index in [1.54, 1.807) is 13.8 Å². The molecule has 39 heavy (non-hydrogen) atoms. The first-order chi connectivity index (χ1) is 18.9. The molecule has 0 saturated carbocycles. The molecule has 0 radical (unpaired) electrons. The molecule has 7 nitrogen and oxygen atoms in total. The summed E-state index contributed by atoms with van der Waals surface area (Å²) in [5.74, 6) is -2.36. The fourth-order valence-electron chi connectivity index (χ4n) is 6.22. The second-order valence-corrected chi connectivity index (χ2v) is 12.0. The number of anilines is 1. The zero-order chi connectivity index (χ0) is 27.6. The standard InChI is InChI=1S/C31H34NO6P/c1-3-37-39(36,38-4-2)20-27(33)25-17-11-19-32(30(25)31(34)35)26-18-10-16-24-22-14-8-9-15-23(22)28(29(24)26)21-12-6-5-7-13-21/h5-10,12-16,18,25,28,30H,3-4,11,17,19-20H2,1-2H3,(H,34,35)/t25-,28?,30-/m0/s1. The number of ketones is 1. The Balaban J connectivity index is 1.57. The number of carboxylic acid groups (broad SMARTS) is 1. The van der Waals surface area contributed by atoms with Gasteiger partial charge in [0.05, 0.1) is 13.2 Å². The quantitative estimate of drug-likeness (QED) is 0.231. The predicted octanol–water partition coefficient (Wildman–Crippen LogP) is 6.35. The molecular weight excluding hydrogens is 513 g/mol. The summed E-state index contributed by atoms with van der Waals surface area (Å²) in [4.78, 5) is 28.2. The van der Waals surface area contributed by atoms with E-state index < -0.39 is 37.5 Å². The molecule has 1 saturated heterocycles. The van der Waals surface area contributed by atoms with Gasteiger partial charge in [0, 0.05) is 24.1 Å². The topological polar surface area (TPSA) is 93.1 Å². The fourth-order valence-corrected chi connectivity index (χ4v) is 7.88. The van der Waals surface area contributed by atoms with Gasteiger partial charge in [-0.1, -0.05) is 66.7 Å². The predicted molar refractivity (Wildman–Crippen MR) is 151 cm³/mol. The van der Waals surface area contributed by atoms with E-state index in [0.717, 1.165) is 27.9 Å². The minimum absolute atomic E-state index is 0.0600. The third-order valence-electron chi connectivity index (χ3n) is 7.67. The van der Waals surface area contributed by atoms with E-state index in [2.05, 4.69) is 30.3 Å². The summed E-state index contributed by atoms with van der Waals surface area (Å²) in [5, 5.41) is 10.5. The number of carbonyl (C=O) groups is 2. The van der Waals surface area contributed by atoms with Crippen molar-refractivity contribution in [3.05, 3.63) is 89.5 Å². The van der Waals surface area contributed by atoms with Crippen LogP contribution in [-0.4, -0.2) is 48.8 Å². The van der Waals surface area contributed by atoms with E-state index in [0.29, 0.717) is 19.4 Å². The number of piperidine rings is 1. The van der Waals surface area contributed by atoms with Crippen molar-refractivity contribution in [3.63, 3.8) is 0 Å². The highest BCUT2D eigenvalue weighted by Crippen LogP contribution is 2.53. The van der Waals surface area contributed by atoms with Crippen LogP contribution in [0.5, 0.6) is 0 Å². The summed E-state index contributed by atoms with van der Waals surface area (Å²) in [6.07, 6.45) is 0.615. The third-order valence-corrected chi connectivity index (χ3v) is 9.68. The smallest absolute Gasteiger partial charge is 0.338 e. The first-order valence-electron chi connectivity index (χ1n) is 13.6. The molecule has 1 N–H and O–H groups in total. The van der Waals surface area contributed by atoms with Crippen molar-refractivity contribution in [3.8, 4) is 11.1 Å². The minimum Gasteiger partial charge on any atom is -0.480 e. The van der Waals surface area contributed by atoms with Gasteiger partial charge < -0.3 is 19.1 Å². The van der Waals surface area contributed by atoms with Gasteiger partial charge in [0.15, 0.2) is 5.78 Å². The molecule has 3 aromatic carbocycles. The molecule has 0 aromatic heterocycles. The Morgan fingerprint density at radius 1 is 0.923 bits per heavy atom. The van der Waals surface area contributed by atoms with Crippen molar-refractivity contribution in [1.82, 2.24) is 0 Å². The Morgan fingerprint density at radius 2 is 1.59 bits per heavy atom. The number of rotatable bonds is 10. The van der Waals surface area contributed by atoms with Crippen LogP contribution in [0.2, 0.25) is 0 Å². The lowest BCUT2D eigenvalue weighted by Crippen LogP contribution is -2.53. The van der Waals surface area contributed by atoms with E-state index in [-0.39, 0.29) is 19.1 Å². The molecule has 204 valence electrons. The van der Waals surface area contributed by atoms with Gasteiger partial charge in [-0.3, -0.25) is 9.36 Å². The summed E-state index contributed by atoms with van der Waals surface area (Å²) >= 11 is 0. The number of fused-ring (bicyclic) bond motifs is 3. The molecule has 8 heteroatoms. The molecule has 1 aliphatic heterocycles. The lowest BCUT2D eigenvalue weighted by Gasteiger charge is -2.41. The van der Waals surface area contributed by atoms with Crippen molar-refractivity contribution in [2.24, 2.45) is 5.92 Å². The van der Waals surface area contributed by atoms with Crippen molar-refractivity contribution in [2.45, 2.75) is 38.6 Å². The molecule has 0 spiro atoms. The maximum Gasteiger partial charge on any atom is 0.338 e. The van der Waals surface area contributed by atoms with Crippen LogP contribution in [0.1, 0.15) is 49.3 Å². The second-order valence-electron chi connectivity index (χ2n) is 9.97. The number of carboxylic acids is 1. The summed E-state index contributed by atoms with van der Waals surface area (Å²) in [5.41, 5.74) is 6.39. The SMILES string of the molecule is CCOP(=O)(CC(=O)[C@@H]1CCCN(c2cccc3c2C(c2ccccc2)c2ccccc2-3)[C@@H]1C(=O)O)OCC. The molecule has 3 aromatic rings. The highest BCUT2D eigenvalue weighted by atomic mass is 31.2. The highest BCUT2D eigenvalue weighted by Gasteiger charge is 2.45. The summed E-state index contributed by atoms with van der Waals surface area (Å²) < 4.78 is 23.8. The van der Waals surface area contributed by atoms with Gasteiger partial charge in [-0.25, -0.2) is 4.79 Å². The minimum atomic E-state index is -3.65. The lowest BCUT2D eigenvalue weighted by atomic mass is 9.83. The van der Waals surface area contributed by atoms with E-state index >= 15 is 0 Å².